The summed E-state index contributed by atoms with van der Waals surface area (Å²) in [5.41, 5.74) is -0.131. The lowest BCUT2D eigenvalue weighted by Crippen LogP contribution is -2.16. The molecule has 9 heteroatoms. The Balaban J connectivity index is 2.17. The zero-order chi connectivity index (χ0) is 21.3. The highest BCUT2D eigenvalue weighted by atomic mass is 19.4. The molecular weight excluding hydrogens is 393 g/mol. The third-order valence-corrected chi connectivity index (χ3v) is 4.00. The van der Waals surface area contributed by atoms with Crippen molar-refractivity contribution in [1.29, 1.82) is 0 Å². The quantitative estimate of drug-likeness (QED) is 0.660. The lowest BCUT2D eigenvalue weighted by atomic mass is 10.1. The molecule has 152 valence electrons. The minimum atomic E-state index is -5.00. The first-order valence-corrected chi connectivity index (χ1v) is 8.34. The summed E-state index contributed by atoms with van der Waals surface area (Å²) < 4.78 is 55.9. The number of aryl methyl sites for hydroxylation is 2. The summed E-state index contributed by atoms with van der Waals surface area (Å²) in [6.45, 7) is 2.67. The van der Waals surface area contributed by atoms with E-state index in [1.165, 1.54) is 18.2 Å². The molecule has 0 aliphatic carbocycles. The van der Waals surface area contributed by atoms with Crippen LogP contribution in [-0.2, 0) is 11.0 Å². The van der Waals surface area contributed by atoms with Crippen molar-refractivity contribution in [1.82, 2.24) is 0 Å². The van der Waals surface area contributed by atoms with Crippen molar-refractivity contribution >= 4 is 16.9 Å². The monoisotopic (exact) mass is 408 g/mol. The van der Waals surface area contributed by atoms with E-state index in [2.05, 4.69) is 0 Å². The molecule has 1 aromatic heterocycles. The molecule has 0 spiro atoms. The fraction of sp³-hybridized carbons (Fsp3) is 0.200. The van der Waals surface area contributed by atoms with Gasteiger partial charge in [-0.1, -0.05) is 12.1 Å². The van der Waals surface area contributed by atoms with Crippen LogP contribution < -0.4 is 14.9 Å². The first-order valence-electron chi connectivity index (χ1n) is 8.34. The normalized spacial score (nSPS) is 11.5. The Labute approximate surface area is 162 Å². The largest absolute Gasteiger partial charge is 0.482 e. The molecule has 0 saturated carbocycles. The number of rotatable bonds is 5. The molecule has 3 aromatic rings. The van der Waals surface area contributed by atoms with Gasteiger partial charge in [0.25, 0.3) is 5.76 Å². The fourth-order valence-electron chi connectivity index (χ4n) is 2.60. The van der Waals surface area contributed by atoms with E-state index in [9.17, 15) is 22.8 Å². The molecule has 1 N–H and O–H groups in total. The van der Waals surface area contributed by atoms with Crippen molar-refractivity contribution in [2.75, 3.05) is 6.61 Å². The molecule has 1 heterocycles. The van der Waals surface area contributed by atoms with Crippen molar-refractivity contribution < 1.29 is 37.0 Å². The fourth-order valence-corrected chi connectivity index (χ4v) is 2.60. The number of benzene rings is 2. The van der Waals surface area contributed by atoms with E-state index in [0.717, 1.165) is 11.6 Å². The molecule has 3 rings (SSSR count). The average Bonchev–Trinajstić information content (AvgIpc) is 2.64. The Morgan fingerprint density at radius 3 is 2.52 bits per heavy atom. The van der Waals surface area contributed by atoms with E-state index in [1.807, 2.05) is 0 Å². The summed E-state index contributed by atoms with van der Waals surface area (Å²) in [6.07, 6.45) is -5.00. The minimum absolute atomic E-state index is 0.0561. The maximum atomic E-state index is 13.6. The highest BCUT2D eigenvalue weighted by molar-refractivity contribution is 5.80. The van der Waals surface area contributed by atoms with Crippen LogP contribution in [0, 0.1) is 13.8 Å². The van der Waals surface area contributed by atoms with Gasteiger partial charge in [0, 0.05) is 6.07 Å². The van der Waals surface area contributed by atoms with Crippen LogP contribution in [0.5, 0.6) is 17.2 Å². The van der Waals surface area contributed by atoms with Gasteiger partial charge in [0.2, 0.25) is 11.2 Å². The van der Waals surface area contributed by atoms with E-state index in [1.54, 1.807) is 26.0 Å². The number of aliphatic carboxylic acids is 1. The number of halogens is 3. The van der Waals surface area contributed by atoms with Crippen molar-refractivity contribution in [2.24, 2.45) is 0 Å². The standard InChI is InChI=1S/C20H15F3O6/c1-10-3-4-11(2)14(7-10)28-18-17(26)13-6-5-12(27-9-16(24)25)8-15(13)29-19(18)20(21,22)23/h3-8H,9H2,1-2H3,(H,24,25). The molecule has 0 amide bonds. The smallest absolute Gasteiger partial charge is 0.453 e. The van der Waals surface area contributed by atoms with Gasteiger partial charge in [-0.3, -0.25) is 4.79 Å². The number of hydrogen-bond acceptors (Lipinski definition) is 5. The van der Waals surface area contributed by atoms with Crippen molar-refractivity contribution in [3.05, 3.63) is 63.5 Å². The second-order valence-electron chi connectivity index (χ2n) is 6.30. The molecule has 6 nitrogen and oxygen atoms in total. The zero-order valence-electron chi connectivity index (χ0n) is 15.3. The first kappa shape index (κ1) is 20.2. The third kappa shape index (κ3) is 4.34. The highest BCUT2D eigenvalue weighted by Crippen LogP contribution is 2.39. The Kier molecular flexibility index (Phi) is 5.23. The Bertz CT molecular complexity index is 1150. The van der Waals surface area contributed by atoms with Crippen LogP contribution in [0.25, 0.3) is 11.0 Å². The van der Waals surface area contributed by atoms with Gasteiger partial charge in [-0.2, -0.15) is 13.2 Å². The molecule has 0 saturated heterocycles. The molecule has 0 unspecified atom stereocenters. The predicted octanol–water partition coefficient (Wildman–Crippen LogP) is 4.68. The van der Waals surface area contributed by atoms with Gasteiger partial charge in [0.05, 0.1) is 5.39 Å². The SMILES string of the molecule is Cc1ccc(C)c(Oc2c(C(F)(F)F)oc3cc(OCC(=O)O)ccc3c2=O)c1. The lowest BCUT2D eigenvalue weighted by Gasteiger charge is -2.15. The third-order valence-electron chi connectivity index (χ3n) is 4.00. The van der Waals surface area contributed by atoms with Crippen molar-refractivity contribution in [3.63, 3.8) is 0 Å². The molecule has 0 bridgehead atoms. The maximum absolute atomic E-state index is 13.6. The van der Waals surface area contributed by atoms with E-state index < -0.39 is 41.3 Å². The summed E-state index contributed by atoms with van der Waals surface area (Å²) in [4.78, 5) is 23.3. The van der Waals surface area contributed by atoms with Gasteiger partial charge in [-0.25, -0.2) is 4.79 Å². The second kappa shape index (κ2) is 7.50. The molecule has 29 heavy (non-hydrogen) atoms. The average molecular weight is 408 g/mol. The van der Waals surface area contributed by atoms with Gasteiger partial charge < -0.3 is 19.0 Å². The summed E-state index contributed by atoms with van der Waals surface area (Å²) in [5, 5.41) is 8.47. The number of alkyl halides is 3. The maximum Gasteiger partial charge on any atom is 0.453 e. The van der Waals surface area contributed by atoms with Crippen LogP contribution in [0.4, 0.5) is 13.2 Å². The van der Waals surface area contributed by atoms with Gasteiger partial charge in [0.15, 0.2) is 6.61 Å². The van der Waals surface area contributed by atoms with Crippen molar-refractivity contribution in [2.45, 2.75) is 20.0 Å². The molecule has 0 radical (unpaired) electrons. The summed E-state index contributed by atoms with van der Waals surface area (Å²) in [7, 11) is 0. The molecule has 2 aromatic carbocycles. The number of ether oxygens (including phenoxy) is 2. The molecular formula is C20H15F3O6. The van der Waals surface area contributed by atoms with Crippen LogP contribution >= 0.6 is 0 Å². The van der Waals surface area contributed by atoms with Crippen LogP contribution in [0.15, 0.2) is 45.6 Å². The number of fused-ring (bicyclic) bond motifs is 1. The van der Waals surface area contributed by atoms with E-state index >= 15 is 0 Å². The van der Waals surface area contributed by atoms with Gasteiger partial charge in [-0.15, -0.1) is 0 Å². The number of carbonyl (C=O) groups is 1. The Morgan fingerprint density at radius 1 is 1.14 bits per heavy atom. The molecule has 0 fully saturated rings. The summed E-state index contributed by atoms with van der Waals surface area (Å²) >= 11 is 0. The van der Waals surface area contributed by atoms with Crippen LogP contribution in [-0.4, -0.2) is 17.7 Å². The summed E-state index contributed by atoms with van der Waals surface area (Å²) in [6, 6.07) is 8.41. The van der Waals surface area contributed by atoms with E-state index in [-0.39, 0.29) is 16.9 Å². The highest BCUT2D eigenvalue weighted by Gasteiger charge is 2.40. The van der Waals surface area contributed by atoms with Crippen molar-refractivity contribution in [3.8, 4) is 17.2 Å². The lowest BCUT2D eigenvalue weighted by molar-refractivity contribution is -0.154. The predicted molar refractivity (Wildman–Crippen MR) is 96.6 cm³/mol. The number of carboxylic acid groups (broad SMARTS) is 1. The molecule has 0 atom stereocenters. The first-order chi connectivity index (χ1) is 13.6. The topological polar surface area (TPSA) is 86.0 Å². The Hall–Kier alpha value is -3.49. The van der Waals surface area contributed by atoms with Gasteiger partial charge in [-0.05, 0) is 43.2 Å². The summed E-state index contributed by atoms with van der Waals surface area (Å²) in [5.74, 6) is -3.79. The molecule has 0 aliphatic heterocycles. The second-order valence-corrected chi connectivity index (χ2v) is 6.30. The van der Waals surface area contributed by atoms with E-state index in [0.29, 0.717) is 5.56 Å². The number of hydrogen-bond donors (Lipinski definition) is 1. The Morgan fingerprint density at radius 2 is 1.86 bits per heavy atom. The zero-order valence-corrected chi connectivity index (χ0v) is 15.3. The van der Waals surface area contributed by atoms with Crippen LogP contribution in [0.2, 0.25) is 0 Å². The van der Waals surface area contributed by atoms with Gasteiger partial charge in [0.1, 0.15) is 17.1 Å². The molecule has 0 aliphatic rings. The van der Waals surface area contributed by atoms with Crippen LogP contribution in [0.3, 0.4) is 0 Å². The minimum Gasteiger partial charge on any atom is -0.482 e. The van der Waals surface area contributed by atoms with E-state index in [4.69, 9.17) is 19.0 Å². The van der Waals surface area contributed by atoms with Gasteiger partial charge >= 0.3 is 12.1 Å². The van der Waals surface area contributed by atoms with Crippen LogP contribution in [0.1, 0.15) is 16.9 Å². The number of carboxylic acids is 1.